The van der Waals surface area contributed by atoms with E-state index in [0.29, 0.717) is 0 Å². The molecule has 0 unspecified atom stereocenters. The van der Waals surface area contributed by atoms with Crippen LogP contribution in [0.2, 0.25) is 0 Å². The molecular weight excluding hydrogens is 202 g/mol. The number of aromatic carboxylic acids is 1. The van der Waals surface area contributed by atoms with Gasteiger partial charge in [-0.05, 0) is 6.07 Å². The van der Waals surface area contributed by atoms with Crippen LogP contribution in [0.15, 0.2) is 12.1 Å². The summed E-state index contributed by atoms with van der Waals surface area (Å²) in [4.78, 5) is 25.7. The summed E-state index contributed by atoms with van der Waals surface area (Å²) in [5, 5.41) is 19.3. The van der Waals surface area contributed by atoms with Crippen LogP contribution in [-0.4, -0.2) is 35.1 Å². The molecule has 0 atom stereocenters. The number of carbonyl (C=O) groups is 1. The van der Waals surface area contributed by atoms with Gasteiger partial charge in [-0.3, -0.25) is 10.1 Å². The quantitative estimate of drug-likeness (QED) is 0.585. The van der Waals surface area contributed by atoms with Gasteiger partial charge in [0.25, 0.3) is 0 Å². The van der Waals surface area contributed by atoms with Crippen molar-refractivity contribution in [1.29, 1.82) is 0 Å². The molecular formula is C8H9N3O4. The standard InChI is InChI=1S/C8H9N3O4/c1-10(2)7-6(11(14)15)4-3-5(9-7)8(12)13/h3-4H,1-2H3,(H,12,13). The summed E-state index contributed by atoms with van der Waals surface area (Å²) in [6, 6.07) is 2.24. The van der Waals surface area contributed by atoms with Crippen LogP contribution in [0.5, 0.6) is 0 Å². The Bertz CT molecular complexity index is 416. The molecule has 7 heteroatoms. The van der Waals surface area contributed by atoms with E-state index >= 15 is 0 Å². The first-order valence-corrected chi connectivity index (χ1v) is 3.99. The van der Waals surface area contributed by atoms with Crippen LogP contribution in [0, 0.1) is 10.1 Å². The minimum atomic E-state index is -1.21. The monoisotopic (exact) mass is 211 g/mol. The predicted octanol–water partition coefficient (Wildman–Crippen LogP) is 0.754. The van der Waals surface area contributed by atoms with E-state index in [0.717, 1.165) is 12.1 Å². The second kappa shape index (κ2) is 3.91. The van der Waals surface area contributed by atoms with Gasteiger partial charge >= 0.3 is 11.7 Å². The van der Waals surface area contributed by atoms with Crippen molar-refractivity contribution in [3.05, 3.63) is 27.9 Å². The fourth-order valence-electron chi connectivity index (χ4n) is 1.03. The van der Waals surface area contributed by atoms with Crippen molar-refractivity contribution in [2.75, 3.05) is 19.0 Å². The average Bonchev–Trinajstić information content (AvgIpc) is 2.16. The van der Waals surface area contributed by atoms with Gasteiger partial charge in [0, 0.05) is 20.2 Å². The average molecular weight is 211 g/mol. The molecule has 0 spiro atoms. The molecule has 0 aliphatic heterocycles. The van der Waals surface area contributed by atoms with Crippen molar-refractivity contribution in [2.45, 2.75) is 0 Å². The van der Waals surface area contributed by atoms with Crippen LogP contribution in [-0.2, 0) is 0 Å². The lowest BCUT2D eigenvalue weighted by atomic mass is 10.3. The molecule has 1 aromatic heterocycles. The molecule has 80 valence electrons. The zero-order valence-corrected chi connectivity index (χ0v) is 8.17. The molecule has 0 saturated carbocycles. The fraction of sp³-hybridized carbons (Fsp3) is 0.250. The Morgan fingerprint density at radius 2 is 2.13 bits per heavy atom. The lowest BCUT2D eigenvalue weighted by Crippen LogP contribution is -2.15. The van der Waals surface area contributed by atoms with Gasteiger partial charge in [-0.15, -0.1) is 0 Å². The van der Waals surface area contributed by atoms with Gasteiger partial charge in [-0.1, -0.05) is 0 Å². The number of rotatable bonds is 3. The molecule has 0 saturated heterocycles. The summed E-state index contributed by atoms with van der Waals surface area (Å²) in [7, 11) is 3.11. The van der Waals surface area contributed by atoms with Crippen LogP contribution < -0.4 is 4.90 Å². The van der Waals surface area contributed by atoms with Gasteiger partial charge in [0.2, 0.25) is 5.82 Å². The Balaban J connectivity index is 3.33. The number of hydrogen-bond acceptors (Lipinski definition) is 5. The Morgan fingerprint density at radius 3 is 2.53 bits per heavy atom. The second-order valence-electron chi connectivity index (χ2n) is 3.00. The van der Waals surface area contributed by atoms with Crippen LogP contribution >= 0.6 is 0 Å². The number of hydrogen-bond donors (Lipinski definition) is 1. The Kier molecular flexibility index (Phi) is 2.84. The third-order valence-electron chi connectivity index (χ3n) is 1.69. The first kappa shape index (κ1) is 10.9. The molecule has 0 fully saturated rings. The second-order valence-corrected chi connectivity index (χ2v) is 3.00. The smallest absolute Gasteiger partial charge is 0.354 e. The molecule has 1 rings (SSSR count). The summed E-state index contributed by atoms with van der Waals surface area (Å²) >= 11 is 0. The first-order valence-electron chi connectivity index (χ1n) is 3.99. The van der Waals surface area contributed by atoms with Crippen molar-refractivity contribution >= 4 is 17.5 Å². The molecule has 1 N–H and O–H groups in total. The van der Waals surface area contributed by atoms with E-state index in [-0.39, 0.29) is 17.2 Å². The summed E-state index contributed by atoms with van der Waals surface area (Å²) in [5.74, 6) is -1.19. The summed E-state index contributed by atoms with van der Waals surface area (Å²) < 4.78 is 0. The SMILES string of the molecule is CN(C)c1nc(C(=O)O)ccc1[N+](=O)[O-]. The predicted molar refractivity (Wildman–Crippen MR) is 52.2 cm³/mol. The maximum atomic E-state index is 10.6. The highest BCUT2D eigenvalue weighted by atomic mass is 16.6. The third-order valence-corrected chi connectivity index (χ3v) is 1.69. The minimum absolute atomic E-state index is 0.0277. The maximum absolute atomic E-state index is 10.6. The van der Waals surface area contributed by atoms with E-state index in [1.165, 1.54) is 4.90 Å². The van der Waals surface area contributed by atoms with Gasteiger partial charge < -0.3 is 10.0 Å². The highest BCUT2D eigenvalue weighted by Crippen LogP contribution is 2.24. The molecule has 1 heterocycles. The normalized spacial score (nSPS) is 9.73. The van der Waals surface area contributed by atoms with Crippen LogP contribution in [0.1, 0.15) is 10.5 Å². The minimum Gasteiger partial charge on any atom is -0.477 e. The van der Waals surface area contributed by atoms with Gasteiger partial charge in [0.15, 0.2) is 5.69 Å². The van der Waals surface area contributed by atoms with Gasteiger partial charge in [0.05, 0.1) is 4.92 Å². The topological polar surface area (TPSA) is 96.6 Å². The molecule has 15 heavy (non-hydrogen) atoms. The molecule has 0 radical (unpaired) electrons. The van der Waals surface area contributed by atoms with Crippen molar-refractivity contribution in [3.8, 4) is 0 Å². The fourth-order valence-corrected chi connectivity index (χ4v) is 1.03. The third kappa shape index (κ3) is 2.19. The van der Waals surface area contributed by atoms with E-state index in [4.69, 9.17) is 5.11 Å². The number of carboxylic acid groups (broad SMARTS) is 1. The number of pyridine rings is 1. The van der Waals surface area contributed by atoms with E-state index in [2.05, 4.69) is 4.98 Å². The van der Waals surface area contributed by atoms with Crippen molar-refractivity contribution in [1.82, 2.24) is 4.98 Å². The lowest BCUT2D eigenvalue weighted by molar-refractivity contribution is -0.384. The van der Waals surface area contributed by atoms with E-state index in [1.54, 1.807) is 14.1 Å². The molecule has 7 nitrogen and oxygen atoms in total. The molecule has 0 aromatic carbocycles. The summed E-state index contributed by atoms with van der Waals surface area (Å²) in [5.41, 5.74) is -0.436. The summed E-state index contributed by atoms with van der Waals surface area (Å²) in [6.45, 7) is 0. The first-order chi connectivity index (χ1) is 6.93. The highest BCUT2D eigenvalue weighted by molar-refractivity contribution is 5.86. The Labute approximate surface area is 85.1 Å². The van der Waals surface area contributed by atoms with Gasteiger partial charge in [-0.2, -0.15) is 0 Å². The van der Waals surface area contributed by atoms with E-state index < -0.39 is 10.9 Å². The zero-order valence-electron chi connectivity index (χ0n) is 8.17. The van der Waals surface area contributed by atoms with Crippen LogP contribution in [0.3, 0.4) is 0 Å². The largest absolute Gasteiger partial charge is 0.477 e. The molecule has 0 aliphatic carbocycles. The highest BCUT2D eigenvalue weighted by Gasteiger charge is 2.19. The number of anilines is 1. The Morgan fingerprint density at radius 1 is 1.53 bits per heavy atom. The van der Waals surface area contributed by atoms with Crippen molar-refractivity contribution in [3.63, 3.8) is 0 Å². The number of nitro groups is 1. The number of carboxylic acids is 1. The maximum Gasteiger partial charge on any atom is 0.354 e. The number of nitrogens with zero attached hydrogens (tertiary/aromatic N) is 3. The molecule has 0 amide bonds. The van der Waals surface area contributed by atoms with Crippen LogP contribution in [0.4, 0.5) is 11.5 Å². The van der Waals surface area contributed by atoms with E-state index in [9.17, 15) is 14.9 Å². The Hall–Kier alpha value is -2.18. The van der Waals surface area contributed by atoms with Crippen molar-refractivity contribution in [2.24, 2.45) is 0 Å². The number of aromatic nitrogens is 1. The van der Waals surface area contributed by atoms with E-state index in [1.807, 2.05) is 0 Å². The van der Waals surface area contributed by atoms with Gasteiger partial charge in [-0.25, -0.2) is 9.78 Å². The molecule has 0 bridgehead atoms. The summed E-state index contributed by atoms with van der Waals surface area (Å²) in [6.07, 6.45) is 0. The van der Waals surface area contributed by atoms with Crippen molar-refractivity contribution < 1.29 is 14.8 Å². The zero-order chi connectivity index (χ0) is 11.6. The van der Waals surface area contributed by atoms with Crippen LogP contribution in [0.25, 0.3) is 0 Å². The molecule has 1 aromatic rings. The molecule has 0 aliphatic rings. The lowest BCUT2D eigenvalue weighted by Gasteiger charge is -2.11. The van der Waals surface area contributed by atoms with Gasteiger partial charge in [0.1, 0.15) is 0 Å².